The Morgan fingerprint density at radius 3 is 1.36 bits per heavy atom. The SMILES string of the molecule is Cc1cccc2c1Cc1c-2ccc2c1Cc1c(C)cccc1-2. The van der Waals surface area contributed by atoms with Crippen molar-refractivity contribution >= 4 is 0 Å². The molecule has 0 amide bonds. The summed E-state index contributed by atoms with van der Waals surface area (Å²) < 4.78 is 0. The average molecular weight is 282 g/mol. The van der Waals surface area contributed by atoms with Crippen LogP contribution in [0.25, 0.3) is 22.3 Å². The summed E-state index contributed by atoms with van der Waals surface area (Å²) in [4.78, 5) is 0. The molecule has 22 heavy (non-hydrogen) atoms. The van der Waals surface area contributed by atoms with Crippen molar-refractivity contribution in [3.8, 4) is 22.3 Å². The molecule has 0 bridgehead atoms. The molecule has 2 aliphatic carbocycles. The van der Waals surface area contributed by atoms with Gasteiger partial charge in [0.2, 0.25) is 0 Å². The molecular weight excluding hydrogens is 264 g/mol. The molecule has 2 aliphatic rings. The zero-order chi connectivity index (χ0) is 14.8. The number of benzene rings is 3. The molecule has 106 valence electrons. The van der Waals surface area contributed by atoms with Crippen molar-refractivity contribution in [2.45, 2.75) is 26.7 Å². The second-order valence-corrected chi connectivity index (χ2v) is 6.67. The zero-order valence-electron chi connectivity index (χ0n) is 13.0. The van der Waals surface area contributed by atoms with Crippen molar-refractivity contribution in [1.29, 1.82) is 0 Å². The van der Waals surface area contributed by atoms with Crippen LogP contribution in [0.15, 0.2) is 48.5 Å². The molecule has 0 nitrogen and oxygen atoms in total. The molecular formula is C22H18. The van der Waals surface area contributed by atoms with Gasteiger partial charge in [-0.15, -0.1) is 0 Å². The smallest absolute Gasteiger partial charge is 0.000775 e. The van der Waals surface area contributed by atoms with E-state index in [2.05, 4.69) is 62.4 Å². The molecule has 3 aromatic rings. The number of aryl methyl sites for hydroxylation is 2. The number of hydrogen-bond donors (Lipinski definition) is 0. The van der Waals surface area contributed by atoms with Crippen molar-refractivity contribution in [3.05, 3.63) is 81.9 Å². The lowest BCUT2D eigenvalue weighted by Gasteiger charge is -2.07. The normalized spacial score (nSPS) is 13.5. The highest BCUT2D eigenvalue weighted by molar-refractivity contribution is 5.87. The highest BCUT2D eigenvalue weighted by Gasteiger charge is 2.28. The first-order valence-electron chi connectivity index (χ1n) is 8.06. The van der Waals surface area contributed by atoms with Gasteiger partial charge in [0.1, 0.15) is 0 Å². The highest BCUT2D eigenvalue weighted by atomic mass is 14.3. The van der Waals surface area contributed by atoms with E-state index >= 15 is 0 Å². The standard InChI is InChI=1S/C22H18/c1-13-5-3-7-15-17-9-10-18-16-8-4-6-14(2)20(16)12-22(18)21(17)11-19(13)15/h3-10H,11-12H2,1-2H3. The van der Waals surface area contributed by atoms with Gasteiger partial charge >= 0.3 is 0 Å². The Morgan fingerprint density at radius 2 is 0.909 bits per heavy atom. The summed E-state index contributed by atoms with van der Waals surface area (Å²) in [5.41, 5.74) is 14.9. The van der Waals surface area contributed by atoms with Gasteiger partial charge in [0.15, 0.2) is 0 Å². The van der Waals surface area contributed by atoms with Crippen LogP contribution in [0, 0.1) is 13.8 Å². The topological polar surface area (TPSA) is 0 Å². The van der Waals surface area contributed by atoms with Gasteiger partial charge in [-0.05, 0) is 82.3 Å². The van der Waals surface area contributed by atoms with E-state index in [4.69, 9.17) is 0 Å². The van der Waals surface area contributed by atoms with E-state index in [1.807, 2.05) is 0 Å². The highest BCUT2D eigenvalue weighted by Crippen LogP contribution is 2.47. The molecule has 0 unspecified atom stereocenters. The molecule has 0 radical (unpaired) electrons. The lowest BCUT2D eigenvalue weighted by atomic mass is 9.96. The summed E-state index contributed by atoms with van der Waals surface area (Å²) in [5.74, 6) is 0. The van der Waals surface area contributed by atoms with E-state index in [0.29, 0.717) is 0 Å². The number of rotatable bonds is 0. The van der Waals surface area contributed by atoms with Crippen LogP contribution in [0.4, 0.5) is 0 Å². The molecule has 0 saturated carbocycles. The van der Waals surface area contributed by atoms with Crippen molar-refractivity contribution in [3.63, 3.8) is 0 Å². The maximum atomic E-state index is 2.34. The quantitative estimate of drug-likeness (QED) is 0.354. The predicted molar refractivity (Wildman–Crippen MR) is 92.4 cm³/mol. The summed E-state index contributed by atoms with van der Waals surface area (Å²) in [6.07, 6.45) is 2.21. The van der Waals surface area contributed by atoms with Crippen LogP contribution < -0.4 is 0 Å². The fraction of sp³-hybridized carbons (Fsp3) is 0.182. The van der Waals surface area contributed by atoms with Gasteiger partial charge in [0, 0.05) is 0 Å². The van der Waals surface area contributed by atoms with E-state index in [0.717, 1.165) is 12.8 Å². The number of fused-ring (bicyclic) bond motifs is 7. The van der Waals surface area contributed by atoms with Crippen LogP contribution >= 0.6 is 0 Å². The average Bonchev–Trinajstić information content (AvgIpc) is 3.07. The molecule has 0 heterocycles. The summed E-state index contributed by atoms with van der Waals surface area (Å²) in [5, 5.41) is 0. The summed E-state index contributed by atoms with van der Waals surface area (Å²) >= 11 is 0. The van der Waals surface area contributed by atoms with Crippen molar-refractivity contribution in [2.24, 2.45) is 0 Å². The van der Waals surface area contributed by atoms with E-state index in [1.54, 1.807) is 11.1 Å². The monoisotopic (exact) mass is 282 g/mol. The lowest BCUT2D eigenvalue weighted by Crippen LogP contribution is -1.92. The van der Waals surface area contributed by atoms with Gasteiger partial charge in [-0.25, -0.2) is 0 Å². The molecule has 0 saturated heterocycles. The van der Waals surface area contributed by atoms with Crippen LogP contribution in [0.2, 0.25) is 0 Å². The van der Waals surface area contributed by atoms with E-state index < -0.39 is 0 Å². The third-order valence-electron chi connectivity index (χ3n) is 5.54. The van der Waals surface area contributed by atoms with Gasteiger partial charge < -0.3 is 0 Å². The first kappa shape index (κ1) is 12.2. The minimum atomic E-state index is 1.10. The van der Waals surface area contributed by atoms with Crippen molar-refractivity contribution < 1.29 is 0 Å². The minimum Gasteiger partial charge on any atom is -0.0614 e. The third-order valence-corrected chi connectivity index (χ3v) is 5.54. The first-order valence-corrected chi connectivity index (χ1v) is 8.06. The molecule has 5 rings (SSSR count). The summed E-state index contributed by atoms with van der Waals surface area (Å²) in [7, 11) is 0. The third kappa shape index (κ3) is 1.42. The molecule has 0 N–H and O–H groups in total. The van der Waals surface area contributed by atoms with Crippen molar-refractivity contribution in [1.82, 2.24) is 0 Å². The zero-order valence-corrected chi connectivity index (χ0v) is 13.0. The minimum absolute atomic E-state index is 1.10. The first-order chi connectivity index (χ1) is 10.7. The number of hydrogen-bond acceptors (Lipinski definition) is 0. The Bertz CT molecular complexity index is 866. The van der Waals surface area contributed by atoms with Crippen LogP contribution in [0.5, 0.6) is 0 Å². The second kappa shape index (κ2) is 4.10. The Hall–Kier alpha value is -2.34. The van der Waals surface area contributed by atoms with Gasteiger partial charge in [-0.3, -0.25) is 0 Å². The maximum absolute atomic E-state index is 2.34. The lowest BCUT2D eigenvalue weighted by molar-refractivity contribution is 1.14. The Balaban J connectivity index is 1.77. The molecule has 0 aliphatic heterocycles. The van der Waals surface area contributed by atoms with E-state index in [1.165, 1.54) is 44.5 Å². The van der Waals surface area contributed by atoms with Gasteiger partial charge in [0.05, 0.1) is 0 Å². The van der Waals surface area contributed by atoms with Crippen LogP contribution in [0.3, 0.4) is 0 Å². The van der Waals surface area contributed by atoms with Gasteiger partial charge in [-0.2, -0.15) is 0 Å². The van der Waals surface area contributed by atoms with Crippen LogP contribution in [-0.4, -0.2) is 0 Å². The molecule has 3 aromatic carbocycles. The largest absolute Gasteiger partial charge is 0.0614 e. The fourth-order valence-electron chi connectivity index (χ4n) is 4.33. The van der Waals surface area contributed by atoms with Crippen molar-refractivity contribution in [2.75, 3.05) is 0 Å². The maximum Gasteiger partial charge on any atom is -0.000775 e. The van der Waals surface area contributed by atoms with E-state index in [9.17, 15) is 0 Å². The fourth-order valence-corrected chi connectivity index (χ4v) is 4.33. The molecule has 0 atom stereocenters. The van der Waals surface area contributed by atoms with Gasteiger partial charge in [0.25, 0.3) is 0 Å². The Kier molecular flexibility index (Phi) is 2.28. The van der Waals surface area contributed by atoms with E-state index in [-0.39, 0.29) is 0 Å². The molecule has 0 heteroatoms. The predicted octanol–water partition coefficient (Wildman–Crippen LogP) is 5.45. The van der Waals surface area contributed by atoms with Crippen LogP contribution in [0.1, 0.15) is 33.4 Å². The Labute approximate surface area is 131 Å². The Morgan fingerprint density at radius 1 is 0.500 bits per heavy atom. The molecule has 0 fully saturated rings. The molecule has 0 aromatic heterocycles. The second-order valence-electron chi connectivity index (χ2n) is 6.67. The molecule has 0 spiro atoms. The summed E-state index contributed by atoms with van der Waals surface area (Å²) in [6.45, 7) is 4.48. The van der Waals surface area contributed by atoms with Gasteiger partial charge in [-0.1, -0.05) is 48.5 Å². The summed E-state index contributed by atoms with van der Waals surface area (Å²) in [6, 6.07) is 18.1. The van der Waals surface area contributed by atoms with Crippen LogP contribution in [-0.2, 0) is 12.8 Å².